The molecule has 0 bridgehead atoms. The second-order valence-corrected chi connectivity index (χ2v) is 7.40. The van der Waals surface area contributed by atoms with Crippen LogP contribution in [0, 0.1) is 6.92 Å². The van der Waals surface area contributed by atoms with Crippen LogP contribution in [0.3, 0.4) is 0 Å². The minimum absolute atomic E-state index is 0.168. The molecule has 0 aliphatic heterocycles. The van der Waals surface area contributed by atoms with E-state index >= 15 is 0 Å². The Morgan fingerprint density at radius 3 is 2.31 bits per heavy atom. The summed E-state index contributed by atoms with van der Waals surface area (Å²) in [6, 6.07) is 13.6. The number of hydrogen-bond acceptors (Lipinski definition) is 3. The highest BCUT2D eigenvalue weighted by Crippen LogP contribution is 2.50. The minimum Gasteiger partial charge on any atom is -0.405 e. The van der Waals surface area contributed by atoms with Crippen LogP contribution in [0.15, 0.2) is 48.5 Å². The third-order valence-corrected chi connectivity index (χ3v) is 5.40. The highest BCUT2D eigenvalue weighted by Gasteiger charge is 2.50. The van der Waals surface area contributed by atoms with Crippen molar-refractivity contribution in [3.05, 3.63) is 65.5 Å². The fourth-order valence-corrected chi connectivity index (χ4v) is 3.96. The summed E-state index contributed by atoms with van der Waals surface area (Å²) in [4.78, 5) is 0. The lowest BCUT2D eigenvalue weighted by atomic mass is 9.62. The monoisotopic (exact) mass is 405 g/mol. The van der Waals surface area contributed by atoms with Gasteiger partial charge in [-0.1, -0.05) is 42.0 Å². The topological polar surface area (TPSA) is 39.9 Å². The summed E-state index contributed by atoms with van der Waals surface area (Å²) < 4.78 is 58.1. The number of aromatic nitrogens is 3. The summed E-state index contributed by atoms with van der Waals surface area (Å²) in [5.74, 6) is 0.393. The molecule has 1 aromatic heterocycles. The first-order valence-electron chi connectivity index (χ1n) is 9.16. The number of nitrogens with zero attached hydrogens (tertiary/aromatic N) is 3. The van der Waals surface area contributed by atoms with Gasteiger partial charge in [0, 0.05) is 7.05 Å². The number of benzene rings is 2. The number of rotatable bonds is 4. The van der Waals surface area contributed by atoms with Crippen LogP contribution < -0.4 is 4.74 Å². The molecule has 0 spiro atoms. The van der Waals surface area contributed by atoms with E-state index in [0.29, 0.717) is 5.82 Å². The van der Waals surface area contributed by atoms with Gasteiger partial charge in [-0.25, -0.2) is 4.39 Å². The second kappa shape index (κ2) is 6.86. The van der Waals surface area contributed by atoms with E-state index in [1.54, 1.807) is 17.7 Å². The van der Waals surface area contributed by atoms with Crippen LogP contribution in [0.2, 0.25) is 0 Å². The number of halogens is 4. The SMILES string of the molecule is Cc1ccc(C2(c3nnc(-c4ccccc4OC(F)(F)F)n3C)CC(F)C2)cc1. The molecule has 29 heavy (non-hydrogen) atoms. The van der Waals surface area contributed by atoms with Gasteiger partial charge in [0.2, 0.25) is 0 Å². The van der Waals surface area contributed by atoms with Gasteiger partial charge in [-0.3, -0.25) is 0 Å². The van der Waals surface area contributed by atoms with E-state index in [1.165, 1.54) is 18.2 Å². The number of hydrogen-bond donors (Lipinski definition) is 0. The molecule has 8 heteroatoms. The van der Waals surface area contributed by atoms with E-state index in [9.17, 15) is 17.6 Å². The van der Waals surface area contributed by atoms with Gasteiger partial charge in [-0.05, 0) is 37.5 Å². The Balaban J connectivity index is 1.79. The molecule has 4 nitrogen and oxygen atoms in total. The van der Waals surface area contributed by atoms with Gasteiger partial charge in [0.25, 0.3) is 0 Å². The maximum absolute atomic E-state index is 14.0. The zero-order valence-corrected chi connectivity index (χ0v) is 15.9. The molecule has 3 aromatic rings. The zero-order chi connectivity index (χ0) is 20.8. The molecule has 1 saturated carbocycles. The highest BCUT2D eigenvalue weighted by atomic mass is 19.4. The van der Waals surface area contributed by atoms with E-state index in [2.05, 4.69) is 14.9 Å². The average Bonchev–Trinajstić information content (AvgIpc) is 3.00. The predicted molar refractivity (Wildman–Crippen MR) is 99.2 cm³/mol. The minimum atomic E-state index is -4.82. The zero-order valence-electron chi connectivity index (χ0n) is 15.9. The van der Waals surface area contributed by atoms with E-state index in [-0.39, 0.29) is 30.0 Å². The van der Waals surface area contributed by atoms with Crippen molar-refractivity contribution in [2.75, 3.05) is 0 Å². The van der Waals surface area contributed by atoms with Gasteiger partial charge in [-0.2, -0.15) is 0 Å². The molecule has 0 atom stereocenters. The summed E-state index contributed by atoms with van der Waals surface area (Å²) in [7, 11) is 1.68. The van der Waals surface area contributed by atoms with Crippen molar-refractivity contribution >= 4 is 0 Å². The molecular formula is C21H19F4N3O. The maximum Gasteiger partial charge on any atom is 0.573 e. The molecule has 1 aliphatic carbocycles. The summed E-state index contributed by atoms with van der Waals surface area (Å²) >= 11 is 0. The van der Waals surface area contributed by atoms with Gasteiger partial charge in [0.1, 0.15) is 17.7 Å². The van der Waals surface area contributed by atoms with Crippen molar-refractivity contribution in [1.29, 1.82) is 0 Å². The molecule has 1 fully saturated rings. The molecule has 0 radical (unpaired) electrons. The fourth-order valence-electron chi connectivity index (χ4n) is 3.96. The van der Waals surface area contributed by atoms with E-state index in [1.807, 2.05) is 31.2 Å². The van der Waals surface area contributed by atoms with Gasteiger partial charge in [-0.15, -0.1) is 23.4 Å². The van der Waals surface area contributed by atoms with Gasteiger partial charge in [0.15, 0.2) is 5.82 Å². The molecule has 2 aromatic carbocycles. The lowest BCUT2D eigenvalue weighted by Gasteiger charge is -2.43. The van der Waals surface area contributed by atoms with Crippen LogP contribution in [0.4, 0.5) is 17.6 Å². The van der Waals surface area contributed by atoms with Crippen LogP contribution in [0.25, 0.3) is 11.4 Å². The van der Waals surface area contributed by atoms with Gasteiger partial charge < -0.3 is 9.30 Å². The number of para-hydroxylation sites is 1. The first-order valence-corrected chi connectivity index (χ1v) is 9.16. The van der Waals surface area contributed by atoms with E-state index in [4.69, 9.17) is 0 Å². The summed E-state index contributed by atoms with van der Waals surface area (Å²) in [5, 5.41) is 8.40. The Hall–Kier alpha value is -2.90. The van der Waals surface area contributed by atoms with Crippen LogP contribution in [0.1, 0.15) is 29.8 Å². The van der Waals surface area contributed by atoms with Crippen molar-refractivity contribution in [3.63, 3.8) is 0 Å². The molecule has 1 aliphatic rings. The average molecular weight is 405 g/mol. The molecule has 152 valence electrons. The van der Waals surface area contributed by atoms with Crippen LogP contribution in [-0.4, -0.2) is 27.3 Å². The number of aryl methyl sites for hydroxylation is 1. The Labute approximate surface area is 165 Å². The van der Waals surface area contributed by atoms with Crippen molar-refractivity contribution in [2.45, 2.75) is 37.7 Å². The van der Waals surface area contributed by atoms with Gasteiger partial charge in [0.05, 0.1) is 11.0 Å². The Bertz CT molecular complexity index is 1020. The summed E-state index contributed by atoms with van der Waals surface area (Å²) in [6.07, 6.45) is -5.28. The predicted octanol–water partition coefficient (Wildman–Crippen LogP) is 5.11. The van der Waals surface area contributed by atoms with Crippen LogP contribution in [-0.2, 0) is 12.5 Å². The van der Waals surface area contributed by atoms with E-state index in [0.717, 1.165) is 11.1 Å². The smallest absolute Gasteiger partial charge is 0.405 e. The third-order valence-electron chi connectivity index (χ3n) is 5.40. The largest absolute Gasteiger partial charge is 0.573 e. The van der Waals surface area contributed by atoms with Crippen molar-refractivity contribution in [1.82, 2.24) is 14.8 Å². The second-order valence-electron chi connectivity index (χ2n) is 7.40. The normalized spacial score (nSPS) is 21.7. The molecule has 0 N–H and O–H groups in total. The molecule has 0 saturated heterocycles. The molecular weight excluding hydrogens is 386 g/mol. The van der Waals surface area contributed by atoms with E-state index < -0.39 is 17.9 Å². The first kappa shape index (κ1) is 19.4. The maximum atomic E-state index is 14.0. The number of ether oxygens (including phenoxy) is 1. The Morgan fingerprint density at radius 2 is 1.69 bits per heavy atom. The van der Waals surface area contributed by atoms with Crippen LogP contribution >= 0.6 is 0 Å². The van der Waals surface area contributed by atoms with Crippen molar-refractivity contribution in [2.24, 2.45) is 7.05 Å². The molecule has 1 heterocycles. The van der Waals surface area contributed by atoms with Crippen molar-refractivity contribution < 1.29 is 22.3 Å². The fraction of sp³-hybridized carbons (Fsp3) is 0.333. The summed E-state index contributed by atoms with van der Waals surface area (Å²) in [6.45, 7) is 1.97. The van der Waals surface area contributed by atoms with Crippen LogP contribution in [0.5, 0.6) is 5.75 Å². The number of alkyl halides is 4. The summed E-state index contributed by atoms with van der Waals surface area (Å²) in [5.41, 5.74) is 1.50. The first-order chi connectivity index (χ1) is 13.7. The standard InChI is InChI=1S/C21H19F4N3O/c1-13-7-9-14(10-8-13)20(11-15(22)12-20)19-27-26-18(28(19)2)16-5-3-4-6-17(16)29-21(23,24)25/h3-10,15H,11-12H2,1-2H3. The lowest BCUT2D eigenvalue weighted by Crippen LogP contribution is -2.45. The highest BCUT2D eigenvalue weighted by molar-refractivity contribution is 5.64. The quantitative estimate of drug-likeness (QED) is 0.567. The molecule has 0 unspecified atom stereocenters. The Kier molecular flexibility index (Phi) is 4.59. The molecule has 4 rings (SSSR count). The van der Waals surface area contributed by atoms with Crippen molar-refractivity contribution in [3.8, 4) is 17.1 Å². The lowest BCUT2D eigenvalue weighted by molar-refractivity contribution is -0.274. The Morgan fingerprint density at radius 1 is 1.03 bits per heavy atom. The van der Waals surface area contributed by atoms with Gasteiger partial charge >= 0.3 is 6.36 Å². The third kappa shape index (κ3) is 3.47. The molecule has 0 amide bonds.